The lowest BCUT2D eigenvalue weighted by Gasteiger charge is -2.28. The number of aromatic nitrogens is 2. The molecule has 0 spiro atoms. The predicted molar refractivity (Wildman–Crippen MR) is 80.1 cm³/mol. The molecule has 0 amide bonds. The van der Waals surface area contributed by atoms with Gasteiger partial charge in [0.15, 0.2) is 0 Å². The minimum atomic E-state index is 0.687. The van der Waals surface area contributed by atoms with Crippen LogP contribution < -0.4 is 5.32 Å². The van der Waals surface area contributed by atoms with Gasteiger partial charge in [0, 0.05) is 25.0 Å². The highest BCUT2D eigenvalue weighted by molar-refractivity contribution is 5.01. The molecule has 0 saturated heterocycles. The van der Waals surface area contributed by atoms with Gasteiger partial charge in [-0.1, -0.05) is 26.7 Å². The summed E-state index contributed by atoms with van der Waals surface area (Å²) in [6.07, 6.45) is 9.76. The van der Waals surface area contributed by atoms with E-state index < -0.39 is 0 Å². The first kappa shape index (κ1) is 14.6. The molecule has 0 aliphatic heterocycles. The molecular formula is C16H29N3. The Hall–Kier alpha value is -0.830. The van der Waals surface area contributed by atoms with Crippen molar-refractivity contribution in [2.75, 3.05) is 6.54 Å². The third kappa shape index (κ3) is 3.82. The van der Waals surface area contributed by atoms with Gasteiger partial charge < -0.3 is 5.32 Å². The van der Waals surface area contributed by atoms with E-state index in [-0.39, 0.29) is 0 Å². The van der Waals surface area contributed by atoms with Gasteiger partial charge in [-0.3, -0.25) is 4.68 Å². The average molecular weight is 263 g/mol. The molecule has 3 unspecified atom stereocenters. The van der Waals surface area contributed by atoms with Crippen LogP contribution in [0.4, 0.5) is 0 Å². The predicted octanol–water partition coefficient (Wildman–Crippen LogP) is 3.16. The van der Waals surface area contributed by atoms with E-state index in [4.69, 9.17) is 0 Å². The third-order valence-electron chi connectivity index (χ3n) is 4.74. The number of aryl methyl sites for hydroxylation is 2. The lowest BCUT2D eigenvalue weighted by Crippen LogP contribution is -2.38. The maximum atomic E-state index is 4.27. The van der Waals surface area contributed by atoms with Crippen LogP contribution in [0, 0.1) is 11.8 Å². The van der Waals surface area contributed by atoms with Crippen LogP contribution in [0.5, 0.6) is 0 Å². The molecule has 0 aromatic carbocycles. The first-order valence-electron chi connectivity index (χ1n) is 7.92. The van der Waals surface area contributed by atoms with Crippen LogP contribution in [0.25, 0.3) is 0 Å². The van der Waals surface area contributed by atoms with Gasteiger partial charge in [-0.05, 0) is 50.1 Å². The number of nitrogens with zero attached hydrogens (tertiary/aromatic N) is 2. The molecule has 1 fully saturated rings. The Kier molecular flexibility index (Phi) is 5.44. The summed E-state index contributed by atoms with van der Waals surface area (Å²) in [5.41, 5.74) is 1.36. The summed E-state index contributed by atoms with van der Waals surface area (Å²) in [6, 6.07) is 2.84. The second-order valence-corrected chi connectivity index (χ2v) is 6.12. The number of hydrogen-bond donors (Lipinski definition) is 1. The van der Waals surface area contributed by atoms with Crippen molar-refractivity contribution in [3.05, 3.63) is 18.0 Å². The summed E-state index contributed by atoms with van der Waals surface area (Å²) in [6.45, 7) is 5.84. The van der Waals surface area contributed by atoms with Crippen molar-refractivity contribution in [2.24, 2.45) is 18.9 Å². The summed E-state index contributed by atoms with van der Waals surface area (Å²) in [7, 11) is 2.04. The van der Waals surface area contributed by atoms with Gasteiger partial charge in [0.2, 0.25) is 0 Å². The molecule has 2 rings (SSSR count). The van der Waals surface area contributed by atoms with Gasteiger partial charge >= 0.3 is 0 Å². The molecule has 1 saturated carbocycles. The summed E-state index contributed by atoms with van der Waals surface area (Å²) >= 11 is 0. The van der Waals surface area contributed by atoms with E-state index >= 15 is 0 Å². The smallest absolute Gasteiger partial charge is 0.0492 e. The second-order valence-electron chi connectivity index (χ2n) is 6.12. The molecule has 0 bridgehead atoms. The van der Waals surface area contributed by atoms with Crippen molar-refractivity contribution < 1.29 is 0 Å². The van der Waals surface area contributed by atoms with Crippen molar-refractivity contribution >= 4 is 0 Å². The Balaban J connectivity index is 1.91. The quantitative estimate of drug-likeness (QED) is 0.819. The summed E-state index contributed by atoms with van der Waals surface area (Å²) < 4.78 is 2.01. The number of nitrogens with one attached hydrogen (secondary N) is 1. The van der Waals surface area contributed by atoms with Crippen molar-refractivity contribution in [2.45, 2.75) is 58.4 Å². The molecule has 3 nitrogen and oxygen atoms in total. The van der Waals surface area contributed by atoms with E-state index in [0.29, 0.717) is 6.04 Å². The standard InChI is InChI=1S/C16H29N3/c1-4-11-17-16(15-7-5-6-13(15)2)9-8-14-10-12-18-19(14)3/h10,12-13,15-17H,4-9,11H2,1-3H3. The normalized spacial score (nSPS) is 24.8. The Morgan fingerprint density at radius 2 is 2.32 bits per heavy atom. The minimum Gasteiger partial charge on any atom is -0.314 e. The Bertz CT molecular complexity index is 372. The first-order valence-corrected chi connectivity index (χ1v) is 7.92. The van der Waals surface area contributed by atoms with Gasteiger partial charge in [-0.15, -0.1) is 0 Å². The highest BCUT2D eigenvalue weighted by Gasteiger charge is 2.30. The van der Waals surface area contributed by atoms with E-state index in [9.17, 15) is 0 Å². The van der Waals surface area contributed by atoms with Crippen LogP contribution in [0.3, 0.4) is 0 Å². The van der Waals surface area contributed by atoms with Gasteiger partial charge in [0.05, 0.1) is 0 Å². The minimum absolute atomic E-state index is 0.687. The van der Waals surface area contributed by atoms with Crippen molar-refractivity contribution in [1.29, 1.82) is 0 Å². The molecule has 108 valence electrons. The van der Waals surface area contributed by atoms with Crippen LogP contribution in [-0.4, -0.2) is 22.4 Å². The first-order chi connectivity index (χ1) is 9.22. The zero-order valence-corrected chi connectivity index (χ0v) is 12.7. The fourth-order valence-corrected chi connectivity index (χ4v) is 3.52. The van der Waals surface area contributed by atoms with Crippen molar-refractivity contribution in [1.82, 2.24) is 15.1 Å². The summed E-state index contributed by atoms with van der Waals surface area (Å²) in [5, 5.41) is 8.06. The average Bonchev–Trinajstić information content (AvgIpc) is 2.99. The molecule has 1 heterocycles. The van der Waals surface area contributed by atoms with E-state index in [1.165, 1.54) is 37.8 Å². The molecule has 0 radical (unpaired) electrons. The van der Waals surface area contributed by atoms with E-state index in [1.54, 1.807) is 0 Å². The topological polar surface area (TPSA) is 29.9 Å². The molecule has 1 aliphatic rings. The van der Waals surface area contributed by atoms with E-state index in [1.807, 2.05) is 17.9 Å². The van der Waals surface area contributed by atoms with Crippen molar-refractivity contribution in [3.63, 3.8) is 0 Å². The molecule has 1 N–H and O–H groups in total. The van der Waals surface area contributed by atoms with Crippen LogP contribution in [0.2, 0.25) is 0 Å². The molecule has 1 aromatic heterocycles. The Morgan fingerprint density at radius 1 is 1.47 bits per heavy atom. The largest absolute Gasteiger partial charge is 0.314 e. The zero-order valence-electron chi connectivity index (χ0n) is 12.7. The Labute approximate surface area is 117 Å². The molecule has 19 heavy (non-hydrogen) atoms. The summed E-state index contributed by atoms with van der Waals surface area (Å²) in [4.78, 5) is 0. The van der Waals surface area contributed by atoms with Gasteiger partial charge in [0.25, 0.3) is 0 Å². The maximum Gasteiger partial charge on any atom is 0.0492 e. The van der Waals surface area contributed by atoms with Crippen LogP contribution in [-0.2, 0) is 13.5 Å². The number of hydrogen-bond acceptors (Lipinski definition) is 2. The molecule has 3 heteroatoms. The monoisotopic (exact) mass is 263 g/mol. The lowest BCUT2D eigenvalue weighted by atomic mass is 9.87. The van der Waals surface area contributed by atoms with E-state index in [2.05, 4.69) is 30.3 Å². The zero-order chi connectivity index (χ0) is 13.7. The van der Waals surface area contributed by atoms with E-state index in [0.717, 1.165) is 24.8 Å². The third-order valence-corrected chi connectivity index (χ3v) is 4.74. The van der Waals surface area contributed by atoms with Crippen LogP contribution >= 0.6 is 0 Å². The Morgan fingerprint density at radius 3 is 2.89 bits per heavy atom. The van der Waals surface area contributed by atoms with Gasteiger partial charge in [-0.2, -0.15) is 5.10 Å². The molecule has 1 aromatic rings. The fourth-order valence-electron chi connectivity index (χ4n) is 3.52. The SMILES string of the molecule is CCCNC(CCc1ccnn1C)C1CCCC1C. The fraction of sp³-hybridized carbons (Fsp3) is 0.812. The van der Waals surface area contributed by atoms with Crippen LogP contribution in [0.1, 0.15) is 51.6 Å². The maximum absolute atomic E-state index is 4.27. The molecule has 1 aliphatic carbocycles. The highest BCUT2D eigenvalue weighted by atomic mass is 15.2. The summed E-state index contributed by atoms with van der Waals surface area (Å²) in [5.74, 6) is 1.76. The van der Waals surface area contributed by atoms with Gasteiger partial charge in [0.1, 0.15) is 0 Å². The van der Waals surface area contributed by atoms with Crippen LogP contribution in [0.15, 0.2) is 12.3 Å². The number of rotatable bonds is 7. The second kappa shape index (κ2) is 7.09. The van der Waals surface area contributed by atoms with Crippen molar-refractivity contribution in [3.8, 4) is 0 Å². The highest BCUT2D eigenvalue weighted by Crippen LogP contribution is 2.35. The lowest BCUT2D eigenvalue weighted by molar-refractivity contribution is 0.283. The molecule has 3 atom stereocenters. The van der Waals surface area contributed by atoms with Gasteiger partial charge in [-0.25, -0.2) is 0 Å². The molecular weight excluding hydrogens is 234 g/mol.